The van der Waals surface area contributed by atoms with Gasteiger partial charge in [0, 0.05) is 44.2 Å². The Bertz CT molecular complexity index is 701. The molecule has 1 saturated carbocycles. The van der Waals surface area contributed by atoms with Crippen LogP contribution in [0.1, 0.15) is 37.4 Å². The van der Waals surface area contributed by atoms with E-state index in [0.29, 0.717) is 41.7 Å². The molecule has 0 atom stereocenters. The molecule has 3 fully saturated rings. The number of anilines is 1. The lowest BCUT2D eigenvalue weighted by atomic mass is 10.0. The summed E-state index contributed by atoms with van der Waals surface area (Å²) in [6.45, 7) is 3.23. The molecular weight excluding hydrogens is 348 g/mol. The van der Waals surface area contributed by atoms with Crippen molar-refractivity contribution in [1.29, 1.82) is 0 Å². The Morgan fingerprint density at radius 3 is 2.29 bits per heavy atom. The molecule has 0 radical (unpaired) electrons. The second-order valence-electron chi connectivity index (χ2n) is 7.09. The lowest BCUT2D eigenvalue weighted by Gasteiger charge is -2.40. The van der Waals surface area contributed by atoms with Gasteiger partial charge in [-0.15, -0.1) is 0 Å². The highest BCUT2D eigenvalue weighted by molar-refractivity contribution is 7.91. The number of aromatic nitrogens is 2. The van der Waals surface area contributed by atoms with Crippen molar-refractivity contribution in [2.45, 2.75) is 37.6 Å². The molecule has 0 N–H and O–H groups in total. The third kappa shape index (κ3) is 3.68. The standard InChI is InChI=1S/C16H23ClN4O2S/c17-14-11-15(19-16(18-14)12-1-2-12)21-5-3-13(4-6-21)20-7-9-24(22,23)10-8-20/h11-13H,1-10H2. The van der Waals surface area contributed by atoms with Gasteiger partial charge in [0.15, 0.2) is 9.84 Å². The maximum Gasteiger partial charge on any atom is 0.152 e. The fraction of sp³-hybridized carbons (Fsp3) is 0.750. The van der Waals surface area contributed by atoms with E-state index in [1.165, 1.54) is 12.8 Å². The first-order chi connectivity index (χ1) is 11.5. The van der Waals surface area contributed by atoms with Gasteiger partial charge in [0.1, 0.15) is 16.8 Å². The summed E-state index contributed by atoms with van der Waals surface area (Å²) in [5.74, 6) is 2.94. The van der Waals surface area contributed by atoms with Crippen molar-refractivity contribution >= 4 is 27.3 Å². The third-order valence-corrected chi connectivity index (χ3v) is 7.13. The second kappa shape index (κ2) is 6.42. The van der Waals surface area contributed by atoms with Crippen LogP contribution < -0.4 is 4.90 Å². The average Bonchev–Trinajstić information content (AvgIpc) is 3.39. The van der Waals surface area contributed by atoms with Crippen LogP contribution in [0, 0.1) is 0 Å². The molecule has 8 heteroatoms. The van der Waals surface area contributed by atoms with Gasteiger partial charge in [0.25, 0.3) is 0 Å². The molecule has 24 heavy (non-hydrogen) atoms. The van der Waals surface area contributed by atoms with Crippen LogP contribution in [0.2, 0.25) is 5.15 Å². The summed E-state index contributed by atoms with van der Waals surface area (Å²) in [6.07, 6.45) is 4.42. The molecule has 1 aromatic heterocycles. The Morgan fingerprint density at radius 1 is 1.00 bits per heavy atom. The Hall–Kier alpha value is -0.920. The smallest absolute Gasteiger partial charge is 0.152 e. The van der Waals surface area contributed by atoms with Gasteiger partial charge in [-0.25, -0.2) is 18.4 Å². The molecule has 4 rings (SSSR count). The summed E-state index contributed by atoms with van der Waals surface area (Å²) < 4.78 is 23.2. The average molecular weight is 371 g/mol. The summed E-state index contributed by atoms with van der Waals surface area (Å²) in [7, 11) is -2.80. The summed E-state index contributed by atoms with van der Waals surface area (Å²) in [5, 5.41) is 0.533. The van der Waals surface area contributed by atoms with Gasteiger partial charge in [0.2, 0.25) is 0 Å². The van der Waals surface area contributed by atoms with Crippen molar-refractivity contribution in [2.75, 3.05) is 42.6 Å². The lowest BCUT2D eigenvalue weighted by molar-refractivity contribution is 0.182. The molecule has 0 spiro atoms. The highest BCUT2D eigenvalue weighted by Crippen LogP contribution is 2.39. The fourth-order valence-electron chi connectivity index (χ4n) is 3.66. The number of halogens is 1. The van der Waals surface area contributed by atoms with Crippen molar-refractivity contribution in [3.05, 3.63) is 17.0 Å². The monoisotopic (exact) mass is 370 g/mol. The number of rotatable bonds is 3. The molecule has 1 aromatic rings. The predicted molar refractivity (Wildman–Crippen MR) is 94.5 cm³/mol. The molecule has 0 amide bonds. The Balaban J connectivity index is 1.38. The van der Waals surface area contributed by atoms with Gasteiger partial charge >= 0.3 is 0 Å². The van der Waals surface area contributed by atoms with E-state index in [0.717, 1.165) is 37.6 Å². The number of hydrogen-bond acceptors (Lipinski definition) is 6. The molecule has 1 aliphatic carbocycles. The lowest BCUT2D eigenvalue weighted by Crippen LogP contribution is -2.50. The normalized spacial score (nSPS) is 25.8. The number of piperidine rings is 1. The van der Waals surface area contributed by atoms with E-state index in [9.17, 15) is 8.42 Å². The quantitative estimate of drug-likeness (QED) is 0.754. The van der Waals surface area contributed by atoms with Crippen LogP contribution in [0.25, 0.3) is 0 Å². The maximum absolute atomic E-state index is 11.6. The minimum absolute atomic E-state index is 0.305. The fourth-order valence-corrected chi connectivity index (χ4v) is 5.07. The van der Waals surface area contributed by atoms with Crippen molar-refractivity contribution in [2.24, 2.45) is 0 Å². The van der Waals surface area contributed by atoms with E-state index >= 15 is 0 Å². The van der Waals surface area contributed by atoms with Crippen molar-refractivity contribution in [1.82, 2.24) is 14.9 Å². The first-order valence-corrected chi connectivity index (χ1v) is 10.9. The summed E-state index contributed by atoms with van der Waals surface area (Å²) in [5.41, 5.74) is 0. The summed E-state index contributed by atoms with van der Waals surface area (Å²) in [6, 6.07) is 2.35. The molecule has 6 nitrogen and oxygen atoms in total. The van der Waals surface area contributed by atoms with E-state index in [-0.39, 0.29) is 0 Å². The summed E-state index contributed by atoms with van der Waals surface area (Å²) in [4.78, 5) is 13.7. The Morgan fingerprint density at radius 2 is 1.67 bits per heavy atom. The van der Waals surface area contributed by atoms with Crippen LogP contribution in [-0.4, -0.2) is 67.0 Å². The Labute approximate surface area is 148 Å². The van der Waals surface area contributed by atoms with E-state index in [1.54, 1.807) is 0 Å². The minimum atomic E-state index is -2.80. The molecule has 0 aromatic carbocycles. The predicted octanol–water partition coefficient (Wildman–Crippen LogP) is 1.71. The second-order valence-corrected chi connectivity index (χ2v) is 9.78. The van der Waals surface area contributed by atoms with Crippen molar-refractivity contribution in [3.8, 4) is 0 Å². The minimum Gasteiger partial charge on any atom is -0.356 e. The van der Waals surface area contributed by atoms with E-state index < -0.39 is 9.84 Å². The zero-order chi connectivity index (χ0) is 16.7. The highest BCUT2D eigenvalue weighted by Gasteiger charge is 2.31. The largest absolute Gasteiger partial charge is 0.356 e. The van der Waals surface area contributed by atoms with Gasteiger partial charge in [0.05, 0.1) is 11.5 Å². The number of hydrogen-bond donors (Lipinski definition) is 0. The van der Waals surface area contributed by atoms with Crippen LogP contribution in [0.3, 0.4) is 0 Å². The zero-order valence-corrected chi connectivity index (χ0v) is 15.3. The molecule has 0 unspecified atom stereocenters. The van der Waals surface area contributed by atoms with Gasteiger partial charge in [-0.2, -0.15) is 0 Å². The zero-order valence-electron chi connectivity index (χ0n) is 13.7. The van der Waals surface area contributed by atoms with Crippen LogP contribution in [0.15, 0.2) is 6.07 Å². The first kappa shape index (κ1) is 16.5. The van der Waals surface area contributed by atoms with Crippen LogP contribution in [0.5, 0.6) is 0 Å². The van der Waals surface area contributed by atoms with Crippen LogP contribution in [0.4, 0.5) is 5.82 Å². The van der Waals surface area contributed by atoms with Crippen molar-refractivity contribution < 1.29 is 8.42 Å². The molecule has 2 saturated heterocycles. The van der Waals surface area contributed by atoms with Crippen molar-refractivity contribution in [3.63, 3.8) is 0 Å². The highest BCUT2D eigenvalue weighted by atomic mass is 35.5. The molecule has 132 valence electrons. The van der Waals surface area contributed by atoms with Gasteiger partial charge in [-0.3, -0.25) is 4.90 Å². The Kier molecular flexibility index (Phi) is 4.43. The van der Waals surface area contributed by atoms with Gasteiger partial charge in [-0.1, -0.05) is 11.6 Å². The molecule has 0 bridgehead atoms. The molecular formula is C16H23ClN4O2S. The third-order valence-electron chi connectivity index (χ3n) is 5.33. The van der Waals surface area contributed by atoms with E-state index in [2.05, 4.69) is 14.8 Å². The SMILES string of the molecule is O=S1(=O)CCN(C2CCN(c3cc(Cl)nc(C4CC4)n3)CC2)CC1. The van der Waals surface area contributed by atoms with Crippen LogP contribution >= 0.6 is 11.6 Å². The maximum atomic E-state index is 11.6. The molecule has 2 aliphatic heterocycles. The van der Waals surface area contributed by atoms with E-state index in [4.69, 9.17) is 16.6 Å². The summed E-state index contributed by atoms with van der Waals surface area (Å²) >= 11 is 6.18. The molecule has 3 aliphatic rings. The molecule has 3 heterocycles. The van der Waals surface area contributed by atoms with Gasteiger partial charge < -0.3 is 4.90 Å². The first-order valence-electron chi connectivity index (χ1n) is 8.74. The van der Waals surface area contributed by atoms with Gasteiger partial charge in [-0.05, 0) is 25.7 Å². The van der Waals surface area contributed by atoms with Crippen LogP contribution in [-0.2, 0) is 9.84 Å². The topological polar surface area (TPSA) is 66.4 Å². The van der Waals surface area contributed by atoms with E-state index in [1.807, 2.05) is 6.07 Å². The number of nitrogens with zero attached hydrogens (tertiary/aromatic N) is 4. The number of sulfone groups is 1.